The standard InChI is InChI=1S/C18H13ClN4OS/c19-15-8-12(3-4-17(15)24-10-13-2-1-7-25-13)23-18-14-9-20-6-5-16(14)21-11-22-18/h1-9,11H,10H2,(H,21,22,23). The van der Waals surface area contributed by atoms with Crippen molar-refractivity contribution in [1.82, 2.24) is 15.0 Å². The van der Waals surface area contributed by atoms with E-state index in [9.17, 15) is 0 Å². The quantitative estimate of drug-likeness (QED) is 0.533. The number of anilines is 2. The van der Waals surface area contributed by atoms with E-state index in [2.05, 4.69) is 20.3 Å². The Morgan fingerprint density at radius 3 is 2.96 bits per heavy atom. The molecule has 0 saturated heterocycles. The highest BCUT2D eigenvalue weighted by atomic mass is 35.5. The van der Waals surface area contributed by atoms with Crippen molar-refractivity contribution >= 4 is 45.3 Å². The topological polar surface area (TPSA) is 59.9 Å². The van der Waals surface area contributed by atoms with Crippen LogP contribution >= 0.6 is 22.9 Å². The number of nitrogens with zero attached hydrogens (tertiary/aromatic N) is 3. The summed E-state index contributed by atoms with van der Waals surface area (Å²) >= 11 is 8.00. The minimum Gasteiger partial charge on any atom is -0.487 e. The molecule has 0 radical (unpaired) electrons. The molecule has 7 heteroatoms. The van der Waals surface area contributed by atoms with Gasteiger partial charge in [0.2, 0.25) is 0 Å². The summed E-state index contributed by atoms with van der Waals surface area (Å²) in [4.78, 5) is 13.8. The molecule has 0 unspecified atom stereocenters. The van der Waals surface area contributed by atoms with E-state index >= 15 is 0 Å². The summed E-state index contributed by atoms with van der Waals surface area (Å²) in [7, 11) is 0. The van der Waals surface area contributed by atoms with Crippen molar-refractivity contribution in [3.05, 3.63) is 70.4 Å². The van der Waals surface area contributed by atoms with Gasteiger partial charge in [0, 0.05) is 23.0 Å². The van der Waals surface area contributed by atoms with Crippen molar-refractivity contribution < 1.29 is 4.74 Å². The Balaban J connectivity index is 1.54. The largest absolute Gasteiger partial charge is 0.487 e. The number of hydrogen-bond donors (Lipinski definition) is 1. The average molecular weight is 369 g/mol. The number of fused-ring (bicyclic) bond motifs is 1. The van der Waals surface area contributed by atoms with Gasteiger partial charge in [-0.05, 0) is 35.7 Å². The van der Waals surface area contributed by atoms with Crippen molar-refractivity contribution in [2.24, 2.45) is 0 Å². The van der Waals surface area contributed by atoms with Crippen LogP contribution in [0.3, 0.4) is 0 Å². The Bertz CT molecular complexity index is 1000. The van der Waals surface area contributed by atoms with Gasteiger partial charge in [0.05, 0.1) is 15.9 Å². The highest BCUT2D eigenvalue weighted by molar-refractivity contribution is 7.09. The Morgan fingerprint density at radius 1 is 1.16 bits per heavy atom. The SMILES string of the molecule is Clc1cc(Nc2ncnc3ccncc23)ccc1OCc1cccs1. The van der Waals surface area contributed by atoms with Gasteiger partial charge in [-0.15, -0.1) is 11.3 Å². The predicted molar refractivity (Wildman–Crippen MR) is 101 cm³/mol. The molecule has 0 spiro atoms. The first-order chi connectivity index (χ1) is 12.3. The molecular weight excluding hydrogens is 356 g/mol. The lowest BCUT2D eigenvalue weighted by atomic mass is 10.2. The molecule has 0 aliphatic rings. The van der Waals surface area contributed by atoms with E-state index in [1.807, 2.05) is 41.8 Å². The van der Waals surface area contributed by atoms with Crippen LogP contribution in [0.1, 0.15) is 4.88 Å². The summed E-state index contributed by atoms with van der Waals surface area (Å²) < 4.78 is 5.77. The van der Waals surface area contributed by atoms with Crippen LogP contribution < -0.4 is 10.1 Å². The molecule has 0 saturated carbocycles. The molecule has 4 rings (SSSR count). The predicted octanol–water partition coefficient (Wildman–Crippen LogP) is 5.06. The number of ether oxygens (including phenoxy) is 1. The lowest BCUT2D eigenvalue weighted by Crippen LogP contribution is -1.98. The molecule has 3 heterocycles. The Hall–Kier alpha value is -2.70. The molecule has 0 amide bonds. The van der Waals surface area contributed by atoms with Gasteiger partial charge < -0.3 is 10.1 Å². The number of thiophene rings is 1. The van der Waals surface area contributed by atoms with Gasteiger partial charge in [0.15, 0.2) is 0 Å². The molecule has 25 heavy (non-hydrogen) atoms. The van der Waals surface area contributed by atoms with E-state index in [-0.39, 0.29) is 0 Å². The van der Waals surface area contributed by atoms with E-state index in [1.165, 1.54) is 6.33 Å². The first-order valence-electron chi connectivity index (χ1n) is 7.56. The van der Waals surface area contributed by atoms with E-state index < -0.39 is 0 Å². The number of hydrogen-bond acceptors (Lipinski definition) is 6. The third-order valence-electron chi connectivity index (χ3n) is 3.58. The lowest BCUT2D eigenvalue weighted by Gasteiger charge is -2.11. The minimum atomic E-state index is 0.506. The monoisotopic (exact) mass is 368 g/mol. The van der Waals surface area contributed by atoms with Crippen LogP contribution in [-0.2, 0) is 6.61 Å². The van der Waals surface area contributed by atoms with Crippen molar-refractivity contribution in [3.63, 3.8) is 0 Å². The first kappa shape index (κ1) is 15.8. The highest BCUT2D eigenvalue weighted by Crippen LogP contribution is 2.31. The second-order valence-corrected chi connectivity index (χ2v) is 6.69. The Labute approximate surface area is 153 Å². The summed E-state index contributed by atoms with van der Waals surface area (Å²) in [6.45, 7) is 0.506. The van der Waals surface area contributed by atoms with Crippen LogP contribution in [0.25, 0.3) is 10.9 Å². The second kappa shape index (κ2) is 7.04. The Morgan fingerprint density at radius 2 is 2.12 bits per heavy atom. The normalized spacial score (nSPS) is 10.8. The first-order valence-corrected chi connectivity index (χ1v) is 8.82. The van der Waals surface area contributed by atoms with E-state index in [0.717, 1.165) is 21.5 Å². The van der Waals surface area contributed by atoms with Crippen molar-refractivity contribution in [1.29, 1.82) is 0 Å². The van der Waals surface area contributed by atoms with Crippen molar-refractivity contribution in [3.8, 4) is 5.75 Å². The smallest absolute Gasteiger partial charge is 0.143 e. The maximum absolute atomic E-state index is 6.35. The zero-order chi connectivity index (χ0) is 17.1. The zero-order valence-corrected chi connectivity index (χ0v) is 14.6. The molecule has 5 nitrogen and oxygen atoms in total. The molecule has 0 fully saturated rings. The van der Waals surface area contributed by atoms with Crippen LogP contribution in [-0.4, -0.2) is 15.0 Å². The summed E-state index contributed by atoms with van der Waals surface area (Å²) in [6.07, 6.45) is 4.96. The molecule has 0 aliphatic heterocycles. The number of nitrogens with one attached hydrogen (secondary N) is 1. The molecule has 1 N–H and O–H groups in total. The van der Waals surface area contributed by atoms with Crippen LogP contribution in [0.2, 0.25) is 5.02 Å². The van der Waals surface area contributed by atoms with E-state index in [1.54, 1.807) is 23.7 Å². The number of benzene rings is 1. The van der Waals surface area contributed by atoms with Crippen molar-refractivity contribution in [2.75, 3.05) is 5.32 Å². The van der Waals surface area contributed by atoms with Crippen LogP contribution in [0.5, 0.6) is 5.75 Å². The third kappa shape index (κ3) is 3.55. The van der Waals surface area contributed by atoms with Crippen LogP contribution in [0.15, 0.2) is 60.5 Å². The van der Waals surface area contributed by atoms with Gasteiger partial charge in [-0.1, -0.05) is 17.7 Å². The number of aromatic nitrogens is 3. The minimum absolute atomic E-state index is 0.506. The zero-order valence-electron chi connectivity index (χ0n) is 13.0. The number of pyridine rings is 1. The van der Waals surface area contributed by atoms with E-state index in [4.69, 9.17) is 16.3 Å². The highest BCUT2D eigenvalue weighted by Gasteiger charge is 2.07. The van der Waals surface area contributed by atoms with Gasteiger partial charge >= 0.3 is 0 Å². The fourth-order valence-electron chi connectivity index (χ4n) is 2.38. The fourth-order valence-corrected chi connectivity index (χ4v) is 3.23. The molecule has 0 aliphatic carbocycles. The average Bonchev–Trinajstić information content (AvgIpc) is 3.15. The third-order valence-corrected chi connectivity index (χ3v) is 4.73. The molecule has 0 atom stereocenters. The summed E-state index contributed by atoms with van der Waals surface area (Å²) in [5, 5.41) is 6.66. The van der Waals surface area contributed by atoms with Gasteiger partial charge in [-0.25, -0.2) is 9.97 Å². The van der Waals surface area contributed by atoms with Crippen LogP contribution in [0, 0.1) is 0 Å². The second-order valence-electron chi connectivity index (χ2n) is 5.25. The molecule has 4 aromatic rings. The van der Waals surface area contributed by atoms with Crippen molar-refractivity contribution in [2.45, 2.75) is 6.61 Å². The summed E-state index contributed by atoms with van der Waals surface area (Å²) in [5.41, 5.74) is 1.65. The van der Waals surface area contributed by atoms with Gasteiger partial charge in [-0.2, -0.15) is 0 Å². The maximum Gasteiger partial charge on any atom is 0.143 e. The lowest BCUT2D eigenvalue weighted by molar-refractivity contribution is 0.310. The van der Waals surface area contributed by atoms with Crippen LogP contribution in [0.4, 0.5) is 11.5 Å². The van der Waals surface area contributed by atoms with Gasteiger partial charge in [-0.3, -0.25) is 4.98 Å². The number of halogens is 1. The molecule has 124 valence electrons. The fraction of sp³-hybridized carbons (Fsp3) is 0.0556. The number of rotatable bonds is 5. The van der Waals surface area contributed by atoms with Gasteiger partial charge in [0.25, 0.3) is 0 Å². The molecular formula is C18H13ClN4OS. The molecule has 0 bridgehead atoms. The van der Waals surface area contributed by atoms with E-state index in [0.29, 0.717) is 23.2 Å². The summed E-state index contributed by atoms with van der Waals surface area (Å²) in [5.74, 6) is 1.33. The molecule has 1 aromatic carbocycles. The maximum atomic E-state index is 6.35. The summed E-state index contributed by atoms with van der Waals surface area (Å²) in [6, 6.07) is 11.4. The molecule has 3 aromatic heterocycles. The van der Waals surface area contributed by atoms with Gasteiger partial charge in [0.1, 0.15) is 24.5 Å². The Kier molecular flexibility index (Phi) is 4.45.